The van der Waals surface area contributed by atoms with Crippen molar-refractivity contribution in [1.82, 2.24) is 10.2 Å². The van der Waals surface area contributed by atoms with Crippen LogP contribution in [-0.4, -0.2) is 30.0 Å². The number of benzene rings is 1. The Balaban J connectivity index is 2.11. The molecular formula is C14H21BrN2O2Si. The van der Waals surface area contributed by atoms with Crippen molar-refractivity contribution in [1.29, 1.82) is 0 Å². The van der Waals surface area contributed by atoms with Crippen LogP contribution in [0.15, 0.2) is 16.6 Å². The molecular weight excluding hydrogens is 336 g/mol. The number of nitrogens with one attached hydrogen (secondary N) is 1. The van der Waals surface area contributed by atoms with Crippen LogP contribution in [0.2, 0.25) is 25.7 Å². The largest absolute Gasteiger partial charge is 0.392 e. The zero-order chi connectivity index (χ0) is 14.8. The molecule has 110 valence electrons. The number of aliphatic hydroxyl groups excluding tert-OH is 1. The number of aromatic amines is 1. The molecule has 0 aliphatic heterocycles. The fraction of sp³-hybridized carbons (Fsp3) is 0.500. The Hall–Kier alpha value is -0.693. The lowest BCUT2D eigenvalue weighted by Crippen LogP contribution is -2.21. The lowest BCUT2D eigenvalue weighted by Gasteiger charge is -2.15. The fourth-order valence-corrected chi connectivity index (χ4v) is 3.30. The summed E-state index contributed by atoms with van der Waals surface area (Å²) in [5, 5.41) is 17.8. The van der Waals surface area contributed by atoms with E-state index < -0.39 is 8.07 Å². The second kappa shape index (κ2) is 6.38. The summed E-state index contributed by atoms with van der Waals surface area (Å²) in [6, 6.07) is 5.01. The van der Waals surface area contributed by atoms with E-state index in [0.29, 0.717) is 6.61 Å². The van der Waals surface area contributed by atoms with Gasteiger partial charge in [0.15, 0.2) is 0 Å². The van der Waals surface area contributed by atoms with Gasteiger partial charge in [-0.25, -0.2) is 0 Å². The van der Waals surface area contributed by atoms with Gasteiger partial charge in [0.25, 0.3) is 0 Å². The first-order valence-corrected chi connectivity index (χ1v) is 11.2. The molecule has 0 unspecified atom stereocenters. The zero-order valence-electron chi connectivity index (χ0n) is 12.2. The minimum atomic E-state index is -1.06. The molecule has 0 aliphatic rings. The van der Waals surface area contributed by atoms with E-state index in [9.17, 15) is 5.11 Å². The van der Waals surface area contributed by atoms with Crippen LogP contribution in [0, 0.1) is 0 Å². The van der Waals surface area contributed by atoms with Gasteiger partial charge in [-0.1, -0.05) is 35.6 Å². The topological polar surface area (TPSA) is 58.1 Å². The summed E-state index contributed by atoms with van der Waals surface area (Å²) in [5.41, 5.74) is 2.66. The lowest BCUT2D eigenvalue weighted by atomic mass is 10.1. The molecule has 20 heavy (non-hydrogen) atoms. The zero-order valence-corrected chi connectivity index (χ0v) is 14.7. The van der Waals surface area contributed by atoms with Crippen LogP contribution >= 0.6 is 15.9 Å². The minimum absolute atomic E-state index is 0.00260. The molecule has 2 aromatic rings. The van der Waals surface area contributed by atoms with Crippen LogP contribution in [0.25, 0.3) is 10.9 Å². The van der Waals surface area contributed by atoms with Crippen molar-refractivity contribution in [2.24, 2.45) is 0 Å². The number of nitrogens with zero attached hydrogens (tertiary/aromatic N) is 1. The van der Waals surface area contributed by atoms with E-state index in [1.807, 2.05) is 12.1 Å². The normalized spacial score (nSPS) is 12.2. The van der Waals surface area contributed by atoms with Crippen LogP contribution in [0.3, 0.4) is 0 Å². The summed E-state index contributed by atoms with van der Waals surface area (Å²) >= 11 is 3.43. The third kappa shape index (κ3) is 3.91. The van der Waals surface area contributed by atoms with E-state index in [-0.39, 0.29) is 6.61 Å². The van der Waals surface area contributed by atoms with E-state index in [0.717, 1.165) is 39.3 Å². The smallest absolute Gasteiger partial charge is 0.0939 e. The maximum atomic E-state index is 9.48. The first kappa shape index (κ1) is 15.7. The molecule has 0 radical (unpaired) electrons. The molecule has 0 saturated carbocycles. The van der Waals surface area contributed by atoms with Gasteiger partial charge in [-0.2, -0.15) is 5.10 Å². The van der Waals surface area contributed by atoms with E-state index >= 15 is 0 Å². The van der Waals surface area contributed by atoms with Gasteiger partial charge >= 0.3 is 0 Å². The van der Waals surface area contributed by atoms with E-state index in [4.69, 9.17) is 4.74 Å². The van der Waals surface area contributed by atoms with Crippen LogP contribution in [-0.2, 0) is 18.0 Å². The predicted octanol–water partition coefficient (Wildman–Crippen LogP) is 3.67. The van der Waals surface area contributed by atoms with Crippen LogP contribution in [0.4, 0.5) is 0 Å². The van der Waals surface area contributed by atoms with Gasteiger partial charge in [0.2, 0.25) is 0 Å². The minimum Gasteiger partial charge on any atom is -0.392 e. The number of hydrogen-bond donors (Lipinski definition) is 2. The van der Waals surface area contributed by atoms with E-state index in [2.05, 4.69) is 45.8 Å². The van der Waals surface area contributed by atoms with Crippen molar-refractivity contribution >= 4 is 34.9 Å². The average Bonchev–Trinajstić information content (AvgIpc) is 2.75. The van der Waals surface area contributed by atoms with Crippen LogP contribution in [0.5, 0.6) is 0 Å². The molecule has 6 heteroatoms. The number of ether oxygens (including phenoxy) is 1. The van der Waals surface area contributed by atoms with Gasteiger partial charge in [-0.3, -0.25) is 5.10 Å². The highest BCUT2D eigenvalue weighted by Gasteiger charge is 2.14. The highest BCUT2D eigenvalue weighted by Crippen LogP contribution is 2.26. The third-order valence-corrected chi connectivity index (χ3v) is 5.35. The Kier molecular flexibility index (Phi) is 5.01. The maximum Gasteiger partial charge on any atom is 0.0939 e. The van der Waals surface area contributed by atoms with Crippen molar-refractivity contribution in [3.05, 3.63) is 27.9 Å². The summed E-state index contributed by atoms with van der Waals surface area (Å²) < 4.78 is 6.68. The standard InChI is InChI=1S/C14H21BrN2O2Si/c1-20(2,3)5-4-19-9-13-14-10(8-18)6-11(15)7-12(14)16-17-13/h6-7,18H,4-5,8-9H2,1-3H3,(H,16,17). The molecule has 4 nitrogen and oxygen atoms in total. The number of H-pyrrole nitrogens is 1. The summed E-state index contributed by atoms with van der Waals surface area (Å²) in [6.45, 7) is 8.30. The molecule has 0 atom stereocenters. The Labute approximate surface area is 128 Å². The number of aromatic nitrogens is 2. The van der Waals surface area contributed by atoms with Crippen LogP contribution < -0.4 is 0 Å². The summed E-state index contributed by atoms with van der Waals surface area (Å²) in [5.74, 6) is 0. The fourth-order valence-electron chi connectivity index (χ4n) is 2.05. The van der Waals surface area contributed by atoms with E-state index in [1.54, 1.807) is 0 Å². The van der Waals surface area contributed by atoms with Gasteiger partial charge in [0.05, 0.1) is 24.4 Å². The van der Waals surface area contributed by atoms with E-state index in [1.165, 1.54) is 0 Å². The second-order valence-electron chi connectivity index (χ2n) is 6.18. The van der Waals surface area contributed by atoms with Gasteiger partial charge in [-0.15, -0.1) is 0 Å². The van der Waals surface area contributed by atoms with Crippen molar-refractivity contribution in [2.75, 3.05) is 6.61 Å². The molecule has 0 saturated heterocycles. The van der Waals surface area contributed by atoms with Gasteiger partial charge in [0, 0.05) is 24.5 Å². The van der Waals surface area contributed by atoms with Crippen LogP contribution in [0.1, 0.15) is 11.3 Å². The Bertz CT molecular complexity index is 593. The van der Waals surface area contributed by atoms with Crippen molar-refractivity contribution in [3.63, 3.8) is 0 Å². The SMILES string of the molecule is C[Si](C)(C)CCOCc1[nH]nc2cc(Br)cc(CO)c12. The number of fused-ring (bicyclic) bond motifs is 1. The molecule has 0 spiro atoms. The predicted molar refractivity (Wildman–Crippen MR) is 87.5 cm³/mol. The monoisotopic (exact) mass is 356 g/mol. The summed E-state index contributed by atoms with van der Waals surface area (Å²) in [6.07, 6.45) is 0. The molecule has 0 amide bonds. The first-order valence-electron chi connectivity index (χ1n) is 6.75. The average molecular weight is 357 g/mol. The Morgan fingerprint density at radius 2 is 2.10 bits per heavy atom. The van der Waals surface area contributed by atoms with Gasteiger partial charge < -0.3 is 9.84 Å². The molecule has 1 aromatic heterocycles. The summed E-state index contributed by atoms with van der Waals surface area (Å²) in [7, 11) is -1.06. The summed E-state index contributed by atoms with van der Waals surface area (Å²) in [4.78, 5) is 0. The quantitative estimate of drug-likeness (QED) is 0.613. The second-order valence-corrected chi connectivity index (χ2v) is 12.7. The number of rotatable bonds is 6. The van der Waals surface area contributed by atoms with Crippen molar-refractivity contribution < 1.29 is 9.84 Å². The highest BCUT2D eigenvalue weighted by atomic mass is 79.9. The maximum absolute atomic E-state index is 9.48. The molecule has 2 rings (SSSR count). The Morgan fingerprint density at radius 1 is 1.35 bits per heavy atom. The molecule has 0 aliphatic carbocycles. The first-order chi connectivity index (χ1) is 9.40. The van der Waals surface area contributed by atoms with Gasteiger partial charge in [0.1, 0.15) is 0 Å². The van der Waals surface area contributed by atoms with Gasteiger partial charge in [-0.05, 0) is 23.7 Å². The highest BCUT2D eigenvalue weighted by molar-refractivity contribution is 9.10. The van der Waals surface area contributed by atoms with Crippen molar-refractivity contribution in [2.45, 2.75) is 38.9 Å². The molecule has 0 bridgehead atoms. The molecule has 1 heterocycles. The lowest BCUT2D eigenvalue weighted by molar-refractivity contribution is 0.131. The third-order valence-electron chi connectivity index (χ3n) is 3.19. The Morgan fingerprint density at radius 3 is 2.75 bits per heavy atom. The molecule has 0 fully saturated rings. The molecule has 1 aromatic carbocycles. The number of halogens is 1. The number of aliphatic hydroxyl groups is 1. The number of hydrogen-bond acceptors (Lipinski definition) is 3. The van der Waals surface area contributed by atoms with Crippen molar-refractivity contribution in [3.8, 4) is 0 Å². The molecule has 2 N–H and O–H groups in total.